The van der Waals surface area contributed by atoms with E-state index in [-0.39, 0.29) is 17.2 Å². The molecule has 1 fully saturated rings. The highest BCUT2D eigenvalue weighted by molar-refractivity contribution is 5.99. The van der Waals surface area contributed by atoms with Crippen LogP contribution < -0.4 is 10.6 Å². The van der Waals surface area contributed by atoms with Gasteiger partial charge in [-0.05, 0) is 37.1 Å². The molecule has 9 heteroatoms. The molecule has 30 heavy (non-hydrogen) atoms. The van der Waals surface area contributed by atoms with Gasteiger partial charge in [0.1, 0.15) is 29.0 Å². The molecule has 0 atom stereocenters. The predicted octanol–water partition coefficient (Wildman–Crippen LogP) is 4.08. The fraction of sp³-hybridized carbons (Fsp3) is 0.190. The molecule has 0 saturated carbocycles. The monoisotopic (exact) mass is 410 g/mol. The number of halogens is 3. The van der Waals surface area contributed by atoms with Gasteiger partial charge >= 0.3 is 0 Å². The second kappa shape index (κ2) is 7.01. The van der Waals surface area contributed by atoms with Gasteiger partial charge in [-0.3, -0.25) is 0 Å². The maximum absolute atomic E-state index is 14.4. The van der Waals surface area contributed by atoms with Crippen LogP contribution in [0.15, 0.2) is 42.5 Å². The number of hydrogen-bond acceptors (Lipinski definition) is 5. The predicted molar refractivity (Wildman–Crippen MR) is 108 cm³/mol. The van der Waals surface area contributed by atoms with Gasteiger partial charge in [-0.2, -0.15) is 4.98 Å². The van der Waals surface area contributed by atoms with Crippen molar-refractivity contribution < 1.29 is 13.2 Å². The summed E-state index contributed by atoms with van der Waals surface area (Å²) < 4.78 is 43.2. The van der Waals surface area contributed by atoms with E-state index in [0.29, 0.717) is 22.6 Å². The summed E-state index contributed by atoms with van der Waals surface area (Å²) in [5, 5.41) is 4.69. The van der Waals surface area contributed by atoms with Gasteiger partial charge in [0.2, 0.25) is 5.95 Å². The van der Waals surface area contributed by atoms with Crippen molar-refractivity contribution >= 4 is 22.8 Å². The van der Waals surface area contributed by atoms with E-state index >= 15 is 0 Å². The molecule has 0 amide bonds. The fourth-order valence-electron chi connectivity index (χ4n) is 3.74. The second-order valence-corrected chi connectivity index (χ2v) is 7.17. The topological polar surface area (TPSA) is 72.9 Å². The van der Waals surface area contributed by atoms with Crippen molar-refractivity contribution in [2.75, 3.05) is 23.7 Å². The van der Waals surface area contributed by atoms with Crippen LogP contribution in [0.4, 0.5) is 24.9 Å². The fourth-order valence-corrected chi connectivity index (χ4v) is 3.74. The zero-order chi connectivity index (χ0) is 20.8. The summed E-state index contributed by atoms with van der Waals surface area (Å²) >= 11 is 0. The molecule has 5 rings (SSSR count). The van der Waals surface area contributed by atoms with Crippen LogP contribution in [0.3, 0.4) is 0 Å². The smallest absolute Gasteiger partial charge is 0.228 e. The molecular weight excluding hydrogens is 393 g/mol. The zero-order valence-corrected chi connectivity index (χ0v) is 15.8. The third-order valence-corrected chi connectivity index (χ3v) is 5.18. The Morgan fingerprint density at radius 3 is 2.43 bits per heavy atom. The standard InChI is InChI=1S/C21H17F3N6/c22-13-5-3-4-12(10-13)18-17-19(25)30(16-11-14(23)6-7-15(16)24)28-20(17)27-21(26-18)29-8-1-2-9-29/h3-7,10-11H,1-2,8-9,25H2. The van der Waals surface area contributed by atoms with E-state index < -0.39 is 17.5 Å². The number of aromatic nitrogens is 4. The number of anilines is 2. The molecule has 4 aromatic rings. The Labute approximate surface area is 169 Å². The number of nitrogens with zero attached hydrogens (tertiary/aromatic N) is 5. The minimum absolute atomic E-state index is 0.0433. The Bertz CT molecular complexity index is 1260. The van der Waals surface area contributed by atoms with E-state index in [1.54, 1.807) is 12.1 Å². The molecule has 0 bridgehead atoms. The molecule has 0 unspecified atom stereocenters. The molecule has 2 aromatic carbocycles. The molecule has 0 spiro atoms. The lowest BCUT2D eigenvalue weighted by atomic mass is 10.1. The molecule has 1 aliphatic rings. The van der Waals surface area contributed by atoms with Crippen LogP contribution in [0.2, 0.25) is 0 Å². The SMILES string of the molecule is Nc1c2c(-c3cccc(F)c3)nc(N3CCCC3)nc2nn1-c1cc(F)ccc1F. The lowest BCUT2D eigenvalue weighted by Gasteiger charge is -2.16. The van der Waals surface area contributed by atoms with Gasteiger partial charge < -0.3 is 10.6 Å². The van der Waals surface area contributed by atoms with Gasteiger partial charge in [-0.1, -0.05) is 12.1 Å². The Kier molecular flexibility index (Phi) is 4.30. The van der Waals surface area contributed by atoms with Gasteiger partial charge in [-0.25, -0.2) is 22.8 Å². The van der Waals surface area contributed by atoms with Crippen molar-refractivity contribution in [3.8, 4) is 16.9 Å². The van der Waals surface area contributed by atoms with Gasteiger partial charge in [0.15, 0.2) is 5.65 Å². The Balaban J connectivity index is 1.79. The van der Waals surface area contributed by atoms with Crippen LogP contribution in [0, 0.1) is 17.5 Å². The molecule has 6 nitrogen and oxygen atoms in total. The molecule has 3 heterocycles. The summed E-state index contributed by atoms with van der Waals surface area (Å²) in [6.07, 6.45) is 2.03. The van der Waals surface area contributed by atoms with Crippen molar-refractivity contribution in [2.45, 2.75) is 12.8 Å². The molecule has 1 aliphatic heterocycles. The summed E-state index contributed by atoms with van der Waals surface area (Å²) in [5.41, 5.74) is 7.27. The second-order valence-electron chi connectivity index (χ2n) is 7.17. The molecule has 0 aliphatic carbocycles. The van der Waals surface area contributed by atoms with Crippen molar-refractivity contribution in [2.24, 2.45) is 0 Å². The number of benzene rings is 2. The maximum atomic E-state index is 14.4. The van der Waals surface area contributed by atoms with E-state index in [2.05, 4.69) is 15.1 Å². The highest BCUT2D eigenvalue weighted by Gasteiger charge is 2.24. The van der Waals surface area contributed by atoms with Crippen molar-refractivity contribution in [1.82, 2.24) is 19.7 Å². The molecule has 152 valence electrons. The highest BCUT2D eigenvalue weighted by Crippen LogP contribution is 2.34. The zero-order valence-electron chi connectivity index (χ0n) is 15.8. The Morgan fingerprint density at radius 1 is 0.900 bits per heavy atom. The first kappa shape index (κ1) is 18.4. The first-order chi connectivity index (χ1) is 14.5. The number of nitrogens with two attached hydrogens (primary N) is 1. The number of hydrogen-bond donors (Lipinski definition) is 1. The van der Waals surface area contributed by atoms with Gasteiger partial charge in [-0.15, -0.1) is 5.10 Å². The van der Waals surface area contributed by atoms with E-state index in [0.717, 1.165) is 48.8 Å². The average Bonchev–Trinajstić information content (AvgIpc) is 3.38. The molecule has 0 radical (unpaired) electrons. The Hall–Kier alpha value is -3.62. The minimum atomic E-state index is -0.684. The van der Waals surface area contributed by atoms with Crippen LogP contribution in [0.5, 0.6) is 0 Å². The molecular formula is C21H17F3N6. The van der Waals surface area contributed by atoms with Crippen molar-refractivity contribution in [3.63, 3.8) is 0 Å². The Morgan fingerprint density at radius 2 is 1.67 bits per heavy atom. The third-order valence-electron chi connectivity index (χ3n) is 5.18. The minimum Gasteiger partial charge on any atom is -0.383 e. The lowest BCUT2D eigenvalue weighted by molar-refractivity contribution is 0.588. The average molecular weight is 410 g/mol. The number of nitrogen functional groups attached to an aromatic ring is 1. The number of fused-ring (bicyclic) bond motifs is 1. The first-order valence-electron chi connectivity index (χ1n) is 9.54. The molecule has 2 aromatic heterocycles. The quantitative estimate of drug-likeness (QED) is 0.551. The maximum Gasteiger partial charge on any atom is 0.228 e. The van der Waals surface area contributed by atoms with E-state index in [1.807, 2.05) is 4.90 Å². The van der Waals surface area contributed by atoms with Crippen LogP contribution in [-0.4, -0.2) is 32.8 Å². The normalized spacial score (nSPS) is 14.0. The van der Waals surface area contributed by atoms with E-state index in [9.17, 15) is 13.2 Å². The van der Waals surface area contributed by atoms with Crippen LogP contribution in [0.25, 0.3) is 28.0 Å². The van der Waals surface area contributed by atoms with Gasteiger partial charge in [0.25, 0.3) is 0 Å². The van der Waals surface area contributed by atoms with Gasteiger partial charge in [0.05, 0.1) is 11.1 Å². The summed E-state index contributed by atoms with van der Waals surface area (Å²) in [7, 11) is 0. The van der Waals surface area contributed by atoms with Crippen LogP contribution >= 0.6 is 0 Å². The van der Waals surface area contributed by atoms with Crippen molar-refractivity contribution in [3.05, 3.63) is 59.9 Å². The molecule has 2 N–H and O–H groups in total. The largest absolute Gasteiger partial charge is 0.383 e. The summed E-state index contributed by atoms with van der Waals surface area (Å²) in [6.45, 7) is 1.59. The van der Waals surface area contributed by atoms with Crippen LogP contribution in [0.1, 0.15) is 12.8 Å². The highest BCUT2D eigenvalue weighted by atomic mass is 19.1. The van der Waals surface area contributed by atoms with Gasteiger partial charge in [0, 0.05) is 24.7 Å². The summed E-state index contributed by atoms with van der Waals surface area (Å²) in [6, 6.07) is 8.98. The van der Waals surface area contributed by atoms with Crippen LogP contribution in [-0.2, 0) is 0 Å². The third kappa shape index (κ3) is 3.02. The first-order valence-corrected chi connectivity index (χ1v) is 9.54. The summed E-state index contributed by atoms with van der Waals surface area (Å²) in [5.74, 6) is -1.25. The molecule has 1 saturated heterocycles. The number of rotatable bonds is 3. The summed E-state index contributed by atoms with van der Waals surface area (Å²) in [4.78, 5) is 11.2. The van der Waals surface area contributed by atoms with E-state index in [1.165, 1.54) is 12.1 Å². The lowest BCUT2D eigenvalue weighted by Crippen LogP contribution is -2.20. The van der Waals surface area contributed by atoms with E-state index in [4.69, 9.17) is 5.73 Å². The van der Waals surface area contributed by atoms with Crippen molar-refractivity contribution in [1.29, 1.82) is 0 Å².